The third kappa shape index (κ3) is 8.60. The van der Waals surface area contributed by atoms with Gasteiger partial charge in [-0.2, -0.15) is 0 Å². The van der Waals surface area contributed by atoms with Crippen molar-refractivity contribution in [1.82, 2.24) is 0 Å². The number of hydrogen-bond acceptors (Lipinski definition) is 2. The van der Waals surface area contributed by atoms with E-state index in [1.54, 1.807) is 12.2 Å². The number of esters is 1. The number of carbonyl (C=O) groups is 1. The van der Waals surface area contributed by atoms with Crippen molar-refractivity contribution < 1.29 is 9.53 Å². The molecule has 13 heavy (non-hydrogen) atoms. The summed E-state index contributed by atoms with van der Waals surface area (Å²) in [7, 11) is 1.36. The van der Waals surface area contributed by atoms with Crippen molar-refractivity contribution >= 4 is 5.97 Å². The van der Waals surface area contributed by atoms with Gasteiger partial charge in [0.15, 0.2) is 0 Å². The Balaban J connectivity index is 3.62. The van der Waals surface area contributed by atoms with E-state index in [9.17, 15) is 4.79 Å². The van der Waals surface area contributed by atoms with Gasteiger partial charge < -0.3 is 4.74 Å². The van der Waals surface area contributed by atoms with E-state index in [1.807, 2.05) is 12.2 Å². The molecule has 0 aromatic rings. The van der Waals surface area contributed by atoms with Crippen molar-refractivity contribution in [2.75, 3.05) is 7.11 Å². The van der Waals surface area contributed by atoms with Crippen LogP contribution in [0.4, 0.5) is 0 Å². The topological polar surface area (TPSA) is 26.3 Å². The molecule has 0 radical (unpaired) electrons. The van der Waals surface area contributed by atoms with Gasteiger partial charge in [0.2, 0.25) is 0 Å². The van der Waals surface area contributed by atoms with Gasteiger partial charge in [0.1, 0.15) is 0 Å². The van der Waals surface area contributed by atoms with Crippen LogP contribution in [0.1, 0.15) is 19.8 Å². The fourth-order valence-corrected chi connectivity index (χ4v) is 0.672. The average Bonchev–Trinajstić information content (AvgIpc) is 2.16. The van der Waals surface area contributed by atoms with Crippen LogP contribution in [-0.4, -0.2) is 13.1 Å². The van der Waals surface area contributed by atoms with Crippen LogP contribution in [0.15, 0.2) is 36.5 Å². The van der Waals surface area contributed by atoms with Crippen molar-refractivity contribution in [3.63, 3.8) is 0 Å². The lowest BCUT2D eigenvalue weighted by molar-refractivity contribution is -0.134. The van der Waals surface area contributed by atoms with Crippen LogP contribution >= 0.6 is 0 Å². The number of methoxy groups -OCH3 is 1. The first-order chi connectivity index (χ1) is 6.31. The van der Waals surface area contributed by atoms with Gasteiger partial charge >= 0.3 is 5.97 Å². The van der Waals surface area contributed by atoms with Crippen molar-refractivity contribution in [2.24, 2.45) is 0 Å². The molecule has 0 N–H and O–H groups in total. The molecule has 2 nitrogen and oxygen atoms in total. The molecule has 0 rings (SSSR count). The molecule has 0 amide bonds. The third-order valence-corrected chi connectivity index (χ3v) is 1.36. The zero-order valence-electron chi connectivity index (χ0n) is 8.19. The quantitative estimate of drug-likeness (QED) is 0.369. The van der Waals surface area contributed by atoms with E-state index in [4.69, 9.17) is 0 Å². The standard InChI is InChI=1S/C11H16O2/c1-3-4-5-6-7-8-9-10-11(12)13-2/h5-10H,3-4H2,1-2H3/b6-5-,8-7+,10-9+. The molecule has 0 fully saturated rings. The van der Waals surface area contributed by atoms with Crippen LogP contribution in [0.2, 0.25) is 0 Å². The maximum Gasteiger partial charge on any atom is 0.330 e. The minimum atomic E-state index is -0.331. The molecule has 0 aliphatic carbocycles. The Morgan fingerprint density at radius 2 is 1.92 bits per heavy atom. The Bertz CT molecular complexity index is 212. The molecule has 0 saturated carbocycles. The molecular formula is C11H16O2. The minimum Gasteiger partial charge on any atom is -0.466 e. The van der Waals surface area contributed by atoms with E-state index >= 15 is 0 Å². The van der Waals surface area contributed by atoms with Crippen LogP contribution in [-0.2, 0) is 9.53 Å². The molecule has 2 heteroatoms. The van der Waals surface area contributed by atoms with Crippen LogP contribution < -0.4 is 0 Å². The lowest BCUT2D eigenvalue weighted by Gasteiger charge is -1.85. The second-order valence-corrected chi connectivity index (χ2v) is 2.48. The minimum absolute atomic E-state index is 0.331. The van der Waals surface area contributed by atoms with Crippen LogP contribution in [0.5, 0.6) is 0 Å². The predicted octanol–water partition coefficient (Wildman–Crippen LogP) is 2.63. The molecule has 0 aliphatic rings. The number of unbranched alkanes of at least 4 members (excludes halogenated alkanes) is 1. The summed E-state index contributed by atoms with van der Waals surface area (Å²) in [6.07, 6.45) is 13.0. The summed E-state index contributed by atoms with van der Waals surface area (Å²) in [5.74, 6) is -0.331. The van der Waals surface area contributed by atoms with Gasteiger partial charge in [0, 0.05) is 6.08 Å². The second-order valence-electron chi connectivity index (χ2n) is 2.48. The number of rotatable bonds is 5. The number of allylic oxidation sites excluding steroid dienone is 5. The molecule has 0 aromatic carbocycles. The fraction of sp³-hybridized carbons (Fsp3) is 0.364. The summed E-state index contributed by atoms with van der Waals surface area (Å²) in [4.78, 5) is 10.6. The van der Waals surface area contributed by atoms with E-state index in [1.165, 1.54) is 13.2 Å². The molecule has 0 atom stereocenters. The fourth-order valence-electron chi connectivity index (χ4n) is 0.672. The molecule has 0 saturated heterocycles. The highest BCUT2D eigenvalue weighted by atomic mass is 16.5. The van der Waals surface area contributed by atoms with Gasteiger partial charge in [-0.15, -0.1) is 0 Å². The van der Waals surface area contributed by atoms with Crippen molar-refractivity contribution in [2.45, 2.75) is 19.8 Å². The summed E-state index contributed by atoms with van der Waals surface area (Å²) >= 11 is 0. The maximum absolute atomic E-state index is 10.6. The van der Waals surface area contributed by atoms with Gasteiger partial charge in [-0.1, -0.05) is 43.7 Å². The summed E-state index contributed by atoms with van der Waals surface area (Å²) in [5, 5.41) is 0. The zero-order chi connectivity index (χ0) is 9.94. The molecule has 0 aliphatic heterocycles. The lowest BCUT2D eigenvalue weighted by atomic mass is 10.3. The van der Waals surface area contributed by atoms with Gasteiger partial charge in [-0.05, 0) is 6.42 Å². The van der Waals surface area contributed by atoms with Crippen molar-refractivity contribution in [1.29, 1.82) is 0 Å². The first kappa shape index (κ1) is 11.7. The Morgan fingerprint density at radius 3 is 2.54 bits per heavy atom. The highest BCUT2D eigenvalue weighted by Crippen LogP contribution is 1.89. The van der Waals surface area contributed by atoms with Gasteiger partial charge in [-0.3, -0.25) is 0 Å². The first-order valence-electron chi connectivity index (χ1n) is 4.39. The Labute approximate surface area is 79.6 Å². The van der Waals surface area contributed by atoms with Gasteiger partial charge in [-0.25, -0.2) is 4.79 Å². The lowest BCUT2D eigenvalue weighted by Crippen LogP contribution is -1.92. The average molecular weight is 180 g/mol. The summed E-state index contributed by atoms with van der Waals surface area (Å²) < 4.78 is 4.42. The highest BCUT2D eigenvalue weighted by molar-refractivity contribution is 5.82. The van der Waals surface area contributed by atoms with E-state index in [0.717, 1.165) is 12.8 Å². The Hall–Kier alpha value is -1.31. The monoisotopic (exact) mass is 180 g/mol. The molecule has 0 aromatic heterocycles. The molecule has 0 spiro atoms. The van der Waals surface area contributed by atoms with Crippen LogP contribution in [0.25, 0.3) is 0 Å². The van der Waals surface area contributed by atoms with E-state index in [2.05, 4.69) is 17.7 Å². The van der Waals surface area contributed by atoms with Gasteiger partial charge in [0.25, 0.3) is 0 Å². The third-order valence-electron chi connectivity index (χ3n) is 1.36. The number of ether oxygens (including phenoxy) is 1. The van der Waals surface area contributed by atoms with E-state index in [-0.39, 0.29) is 5.97 Å². The Morgan fingerprint density at radius 1 is 1.23 bits per heavy atom. The van der Waals surface area contributed by atoms with Crippen LogP contribution in [0.3, 0.4) is 0 Å². The number of carbonyl (C=O) groups excluding carboxylic acids is 1. The Kier molecular flexibility index (Phi) is 7.90. The summed E-state index contributed by atoms with van der Waals surface area (Å²) in [6, 6.07) is 0. The second kappa shape index (κ2) is 8.78. The molecular weight excluding hydrogens is 164 g/mol. The maximum atomic E-state index is 10.6. The zero-order valence-corrected chi connectivity index (χ0v) is 8.19. The molecule has 0 bridgehead atoms. The van der Waals surface area contributed by atoms with Crippen molar-refractivity contribution in [3.8, 4) is 0 Å². The van der Waals surface area contributed by atoms with E-state index in [0.29, 0.717) is 0 Å². The van der Waals surface area contributed by atoms with E-state index < -0.39 is 0 Å². The molecule has 0 heterocycles. The van der Waals surface area contributed by atoms with Crippen molar-refractivity contribution in [3.05, 3.63) is 36.5 Å². The normalized spacial score (nSPS) is 11.8. The van der Waals surface area contributed by atoms with Crippen LogP contribution in [0, 0.1) is 0 Å². The smallest absolute Gasteiger partial charge is 0.330 e. The predicted molar refractivity (Wildman–Crippen MR) is 54.3 cm³/mol. The summed E-state index contributed by atoms with van der Waals surface area (Å²) in [6.45, 7) is 2.13. The largest absolute Gasteiger partial charge is 0.466 e. The highest BCUT2D eigenvalue weighted by Gasteiger charge is 1.85. The molecule has 72 valence electrons. The van der Waals surface area contributed by atoms with Gasteiger partial charge in [0.05, 0.1) is 7.11 Å². The first-order valence-corrected chi connectivity index (χ1v) is 4.39. The molecule has 0 unspecified atom stereocenters. The SMILES string of the molecule is CCC\C=C/C=C/C=C/C(=O)OC. The summed E-state index contributed by atoms with van der Waals surface area (Å²) in [5.41, 5.74) is 0. The number of hydrogen-bond donors (Lipinski definition) is 0.